The highest BCUT2D eigenvalue weighted by Gasteiger charge is 2.14. The van der Waals surface area contributed by atoms with Gasteiger partial charge in [-0.15, -0.1) is 0 Å². The van der Waals surface area contributed by atoms with Crippen molar-refractivity contribution in [1.29, 1.82) is 0 Å². The molecule has 1 amide bonds. The van der Waals surface area contributed by atoms with Crippen LogP contribution in [0.5, 0.6) is 0 Å². The van der Waals surface area contributed by atoms with Crippen LogP contribution in [0.25, 0.3) is 0 Å². The maximum atomic E-state index is 11.9. The highest BCUT2D eigenvalue weighted by molar-refractivity contribution is 5.91. The molecule has 1 saturated heterocycles. The number of nitrogens with one attached hydrogen (secondary N) is 1. The monoisotopic (exact) mass is 288 g/mol. The van der Waals surface area contributed by atoms with E-state index in [4.69, 9.17) is 9.15 Å². The lowest BCUT2D eigenvalue weighted by atomic mass is 10.3. The van der Waals surface area contributed by atoms with Crippen molar-refractivity contribution >= 4 is 11.7 Å². The van der Waals surface area contributed by atoms with Gasteiger partial charge in [-0.05, 0) is 12.1 Å². The van der Waals surface area contributed by atoms with E-state index in [1.54, 1.807) is 24.6 Å². The number of ether oxygens (including phenoxy) is 1. The van der Waals surface area contributed by atoms with Crippen LogP contribution in [0.4, 0.5) is 5.82 Å². The van der Waals surface area contributed by atoms with Crippen molar-refractivity contribution in [3.8, 4) is 0 Å². The Labute approximate surface area is 121 Å². The van der Waals surface area contributed by atoms with Gasteiger partial charge >= 0.3 is 0 Å². The Morgan fingerprint density at radius 1 is 1.29 bits per heavy atom. The van der Waals surface area contributed by atoms with Gasteiger partial charge in [-0.2, -0.15) is 0 Å². The van der Waals surface area contributed by atoms with Gasteiger partial charge in [0.1, 0.15) is 17.3 Å². The lowest BCUT2D eigenvalue weighted by Crippen LogP contribution is -2.37. The zero-order chi connectivity index (χ0) is 14.5. The maximum Gasteiger partial charge on any atom is 0.271 e. The number of furan rings is 1. The predicted molar refractivity (Wildman–Crippen MR) is 74.9 cm³/mol. The van der Waals surface area contributed by atoms with E-state index >= 15 is 0 Å². The van der Waals surface area contributed by atoms with Crippen LogP contribution in [0.3, 0.4) is 0 Å². The zero-order valence-electron chi connectivity index (χ0n) is 11.5. The Kier molecular flexibility index (Phi) is 4.11. The second-order valence-corrected chi connectivity index (χ2v) is 4.62. The molecule has 2 aromatic heterocycles. The van der Waals surface area contributed by atoms with E-state index in [0.717, 1.165) is 18.9 Å². The third-order valence-electron chi connectivity index (χ3n) is 3.21. The second kappa shape index (κ2) is 6.36. The zero-order valence-corrected chi connectivity index (χ0v) is 11.5. The number of carbonyl (C=O) groups is 1. The van der Waals surface area contributed by atoms with Gasteiger partial charge in [0.25, 0.3) is 5.91 Å². The molecule has 1 N–H and O–H groups in total. The van der Waals surface area contributed by atoms with E-state index in [9.17, 15) is 4.79 Å². The molecule has 110 valence electrons. The van der Waals surface area contributed by atoms with Gasteiger partial charge in [0.15, 0.2) is 0 Å². The summed E-state index contributed by atoms with van der Waals surface area (Å²) in [5.74, 6) is 1.19. The molecule has 0 bridgehead atoms. The van der Waals surface area contributed by atoms with Gasteiger partial charge < -0.3 is 19.4 Å². The van der Waals surface area contributed by atoms with Crippen LogP contribution in [-0.2, 0) is 11.3 Å². The number of hydrogen-bond acceptors (Lipinski definition) is 6. The summed E-state index contributed by atoms with van der Waals surface area (Å²) in [6.45, 7) is 3.29. The molecule has 21 heavy (non-hydrogen) atoms. The van der Waals surface area contributed by atoms with Crippen molar-refractivity contribution in [2.45, 2.75) is 6.54 Å². The van der Waals surface area contributed by atoms with Crippen LogP contribution in [-0.4, -0.2) is 42.2 Å². The SMILES string of the molecule is O=C(NCc1ccco1)c1cnc(N2CCOCC2)cn1. The maximum absolute atomic E-state index is 11.9. The molecule has 7 heteroatoms. The fourth-order valence-electron chi connectivity index (χ4n) is 2.07. The molecule has 0 saturated carbocycles. The number of morpholine rings is 1. The molecule has 0 radical (unpaired) electrons. The molecule has 1 fully saturated rings. The van der Waals surface area contributed by atoms with Gasteiger partial charge in [0.2, 0.25) is 0 Å². The van der Waals surface area contributed by atoms with Gasteiger partial charge in [-0.1, -0.05) is 0 Å². The van der Waals surface area contributed by atoms with Gasteiger partial charge in [-0.25, -0.2) is 9.97 Å². The van der Waals surface area contributed by atoms with Crippen molar-refractivity contribution in [3.05, 3.63) is 42.2 Å². The van der Waals surface area contributed by atoms with E-state index in [1.807, 2.05) is 0 Å². The van der Waals surface area contributed by atoms with E-state index < -0.39 is 0 Å². The van der Waals surface area contributed by atoms with Gasteiger partial charge in [0.05, 0.1) is 38.4 Å². The molecular weight excluding hydrogens is 272 g/mol. The summed E-state index contributed by atoms with van der Waals surface area (Å²) in [5, 5.41) is 2.73. The van der Waals surface area contributed by atoms with E-state index in [-0.39, 0.29) is 5.91 Å². The highest BCUT2D eigenvalue weighted by atomic mass is 16.5. The molecule has 0 atom stereocenters. The summed E-state index contributed by atoms with van der Waals surface area (Å²) in [4.78, 5) is 22.5. The van der Waals surface area contributed by atoms with E-state index in [0.29, 0.717) is 31.2 Å². The van der Waals surface area contributed by atoms with E-state index in [2.05, 4.69) is 20.2 Å². The molecular formula is C14H16N4O3. The first-order valence-corrected chi connectivity index (χ1v) is 6.78. The normalized spacial score (nSPS) is 15.0. The summed E-state index contributed by atoms with van der Waals surface area (Å²) in [5.41, 5.74) is 0.290. The quantitative estimate of drug-likeness (QED) is 0.898. The Morgan fingerprint density at radius 2 is 2.14 bits per heavy atom. The van der Waals surface area contributed by atoms with Crippen molar-refractivity contribution in [1.82, 2.24) is 15.3 Å². The van der Waals surface area contributed by atoms with Crippen LogP contribution in [0, 0.1) is 0 Å². The molecule has 0 unspecified atom stereocenters. The van der Waals surface area contributed by atoms with Crippen molar-refractivity contribution < 1.29 is 13.9 Å². The largest absolute Gasteiger partial charge is 0.467 e. The van der Waals surface area contributed by atoms with Crippen molar-refractivity contribution in [3.63, 3.8) is 0 Å². The minimum atomic E-state index is -0.271. The molecule has 0 aromatic carbocycles. The average Bonchev–Trinajstić information content (AvgIpc) is 3.07. The summed E-state index contributed by atoms with van der Waals surface area (Å²) < 4.78 is 10.4. The Bertz CT molecular complexity index is 577. The van der Waals surface area contributed by atoms with Crippen LogP contribution >= 0.6 is 0 Å². The first-order valence-electron chi connectivity index (χ1n) is 6.78. The second-order valence-electron chi connectivity index (χ2n) is 4.62. The Morgan fingerprint density at radius 3 is 2.81 bits per heavy atom. The third kappa shape index (κ3) is 3.38. The molecule has 0 spiro atoms. The first kappa shape index (κ1) is 13.6. The molecule has 1 aliphatic rings. The predicted octanol–water partition coefficient (Wildman–Crippen LogP) is 0.836. The summed E-state index contributed by atoms with van der Waals surface area (Å²) in [7, 11) is 0. The fraction of sp³-hybridized carbons (Fsp3) is 0.357. The summed E-state index contributed by atoms with van der Waals surface area (Å²) in [6, 6.07) is 3.58. The number of amides is 1. The van der Waals surface area contributed by atoms with Gasteiger partial charge in [-0.3, -0.25) is 4.79 Å². The molecule has 1 aliphatic heterocycles. The topological polar surface area (TPSA) is 80.5 Å². The number of aromatic nitrogens is 2. The lowest BCUT2D eigenvalue weighted by Gasteiger charge is -2.27. The number of nitrogens with zero attached hydrogens (tertiary/aromatic N) is 3. The fourth-order valence-corrected chi connectivity index (χ4v) is 2.07. The van der Waals surface area contributed by atoms with Gasteiger partial charge in [0, 0.05) is 13.1 Å². The molecule has 3 rings (SSSR count). The van der Waals surface area contributed by atoms with Crippen LogP contribution in [0.2, 0.25) is 0 Å². The Balaban J connectivity index is 1.59. The van der Waals surface area contributed by atoms with Crippen LogP contribution < -0.4 is 10.2 Å². The average molecular weight is 288 g/mol. The standard InChI is InChI=1S/C14H16N4O3/c19-14(17-8-11-2-1-5-21-11)12-9-16-13(10-15-12)18-3-6-20-7-4-18/h1-2,5,9-10H,3-4,6-8H2,(H,17,19). The molecule has 3 heterocycles. The highest BCUT2D eigenvalue weighted by Crippen LogP contribution is 2.11. The van der Waals surface area contributed by atoms with E-state index in [1.165, 1.54) is 6.20 Å². The smallest absolute Gasteiger partial charge is 0.271 e. The lowest BCUT2D eigenvalue weighted by molar-refractivity contribution is 0.0942. The van der Waals surface area contributed by atoms with Crippen LogP contribution in [0.1, 0.15) is 16.2 Å². The number of rotatable bonds is 4. The first-order chi connectivity index (χ1) is 10.3. The minimum absolute atomic E-state index is 0.271. The van der Waals surface area contributed by atoms with Crippen molar-refractivity contribution in [2.24, 2.45) is 0 Å². The summed E-state index contributed by atoms with van der Waals surface area (Å²) in [6.07, 6.45) is 4.67. The molecule has 0 aliphatic carbocycles. The molecule has 7 nitrogen and oxygen atoms in total. The minimum Gasteiger partial charge on any atom is -0.467 e. The van der Waals surface area contributed by atoms with Crippen molar-refractivity contribution in [2.75, 3.05) is 31.2 Å². The molecule has 2 aromatic rings. The summed E-state index contributed by atoms with van der Waals surface area (Å²) >= 11 is 0. The Hall–Kier alpha value is -2.41. The number of hydrogen-bond donors (Lipinski definition) is 1. The number of carbonyl (C=O) groups excluding carboxylic acids is 1. The number of anilines is 1. The van der Waals surface area contributed by atoms with Crippen LogP contribution in [0.15, 0.2) is 35.2 Å². The third-order valence-corrected chi connectivity index (χ3v) is 3.21.